The van der Waals surface area contributed by atoms with Gasteiger partial charge in [-0.2, -0.15) is 0 Å². The molecule has 0 bridgehead atoms. The minimum Gasteiger partial charge on any atom is -0.355 e. The largest absolute Gasteiger partial charge is 0.355 e. The topological polar surface area (TPSA) is 89.3 Å². The molecule has 1 amide bonds. The lowest BCUT2D eigenvalue weighted by Crippen LogP contribution is -2.41. The number of nitrogens with two attached hydrogens (primary N) is 1. The molecule has 1 rings (SSSR count). The van der Waals surface area contributed by atoms with Gasteiger partial charge in [0.05, 0.1) is 11.8 Å². The van der Waals surface area contributed by atoms with Crippen molar-refractivity contribution in [2.45, 2.75) is 25.3 Å². The summed E-state index contributed by atoms with van der Waals surface area (Å²) in [5.41, 5.74) is 6.95. The highest BCUT2D eigenvalue weighted by molar-refractivity contribution is 7.90. The van der Waals surface area contributed by atoms with Crippen molar-refractivity contribution in [1.82, 2.24) is 5.32 Å². The summed E-state index contributed by atoms with van der Waals surface area (Å²) >= 11 is 0. The Kier molecular flexibility index (Phi) is 6.67. The second-order valence-electron chi connectivity index (χ2n) is 4.91. The van der Waals surface area contributed by atoms with Crippen LogP contribution in [0.2, 0.25) is 0 Å². The van der Waals surface area contributed by atoms with Crippen LogP contribution in [-0.2, 0) is 21.1 Å². The molecule has 0 aliphatic carbocycles. The first-order valence-electron chi connectivity index (χ1n) is 6.63. The van der Waals surface area contributed by atoms with Crippen molar-refractivity contribution in [2.75, 3.05) is 18.6 Å². The highest BCUT2D eigenvalue weighted by Crippen LogP contribution is 2.04. The fourth-order valence-corrected chi connectivity index (χ4v) is 2.44. The highest BCUT2D eigenvalue weighted by Gasteiger charge is 2.12. The maximum absolute atomic E-state index is 11.7. The first-order valence-corrected chi connectivity index (χ1v) is 8.69. The second-order valence-corrected chi connectivity index (χ2v) is 7.16. The monoisotopic (exact) mass is 298 g/mol. The predicted molar refractivity (Wildman–Crippen MR) is 80.1 cm³/mol. The molecule has 0 saturated carbocycles. The van der Waals surface area contributed by atoms with E-state index >= 15 is 0 Å². The van der Waals surface area contributed by atoms with E-state index in [0.717, 1.165) is 12.0 Å². The number of rotatable bonds is 8. The number of hydrogen-bond acceptors (Lipinski definition) is 4. The second kappa shape index (κ2) is 8.01. The van der Waals surface area contributed by atoms with E-state index in [1.54, 1.807) is 0 Å². The van der Waals surface area contributed by atoms with Gasteiger partial charge in [0, 0.05) is 12.8 Å². The number of hydrogen-bond donors (Lipinski definition) is 2. The Morgan fingerprint density at radius 2 is 1.95 bits per heavy atom. The molecule has 5 nitrogen and oxygen atoms in total. The van der Waals surface area contributed by atoms with E-state index in [1.807, 2.05) is 30.3 Å². The third kappa shape index (κ3) is 7.25. The number of aryl methyl sites for hydroxylation is 1. The van der Waals surface area contributed by atoms with Crippen molar-refractivity contribution in [3.05, 3.63) is 35.9 Å². The molecule has 1 aromatic rings. The summed E-state index contributed by atoms with van der Waals surface area (Å²) in [7, 11) is -2.97. The van der Waals surface area contributed by atoms with Crippen LogP contribution < -0.4 is 11.1 Å². The van der Waals surface area contributed by atoms with Gasteiger partial charge in [-0.25, -0.2) is 8.42 Å². The molecule has 0 spiro atoms. The van der Waals surface area contributed by atoms with Crippen LogP contribution in [0.4, 0.5) is 0 Å². The SMILES string of the molecule is CS(=O)(=O)CCCNC(=O)[C@@H](N)CCc1ccccc1. The van der Waals surface area contributed by atoms with Crippen LogP contribution in [0.25, 0.3) is 0 Å². The lowest BCUT2D eigenvalue weighted by Gasteiger charge is -2.12. The first-order chi connectivity index (χ1) is 9.38. The molecule has 0 aromatic heterocycles. The molecule has 3 N–H and O–H groups in total. The van der Waals surface area contributed by atoms with Crippen LogP contribution in [0, 0.1) is 0 Å². The zero-order valence-electron chi connectivity index (χ0n) is 11.7. The van der Waals surface area contributed by atoms with E-state index in [-0.39, 0.29) is 11.7 Å². The molecule has 0 heterocycles. The van der Waals surface area contributed by atoms with E-state index in [0.29, 0.717) is 19.4 Å². The summed E-state index contributed by atoms with van der Waals surface area (Å²) in [6.45, 7) is 0.338. The molecule has 0 unspecified atom stereocenters. The molecule has 0 aliphatic rings. The van der Waals surface area contributed by atoms with Gasteiger partial charge in [-0.1, -0.05) is 30.3 Å². The number of carbonyl (C=O) groups is 1. The van der Waals surface area contributed by atoms with Gasteiger partial charge in [0.15, 0.2) is 0 Å². The summed E-state index contributed by atoms with van der Waals surface area (Å²) in [5, 5.41) is 2.66. The predicted octanol–water partition coefficient (Wildman–Crippen LogP) is 0.497. The Balaban J connectivity index is 2.22. The van der Waals surface area contributed by atoms with Gasteiger partial charge >= 0.3 is 0 Å². The Labute approximate surface area is 120 Å². The Hall–Kier alpha value is -1.40. The molecule has 112 valence electrons. The van der Waals surface area contributed by atoms with Crippen molar-refractivity contribution < 1.29 is 13.2 Å². The molecule has 6 heteroatoms. The Morgan fingerprint density at radius 1 is 1.30 bits per heavy atom. The van der Waals surface area contributed by atoms with Crippen molar-refractivity contribution in [1.29, 1.82) is 0 Å². The summed E-state index contributed by atoms with van der Waals surface area (Å²) in [5.74, 6) is -0.151. The molecule has 20 heavy (non-hydrogen) atoms. The molecule has 0 saturated heterocycles. The van der Waals surface area contributed by atoms with Gasteiger partial charge in [-0.3, -0.25) is 4.79 Å². The third-order valence-corrected chi connectivity index (χ3v) is 3.95. The molecule has 1 atom stereocenters. The van der Waals surface area contributed by atoms with Gasteiger partial charge in [0.1, 0.15) is 9.84 Å². The fourth-order valence-electron chi connectivity index (χ4n) is 1.77. The molecule has 1 aromatic carbocycles. The smallest absolute Gasteiger partial charge is 0.236 e. The van der Waals surface area contributed by atoms with Crippen LogP contribution in [0.1, 0.15) is 18.4 Å². The maximum atomic E-state index is 11.7. The van der Waals surface area contributed by atoms with Crippen LogP contribution in [-0.4, -0.2) is 38.9 Å². The molecule has 0 aliphatic heterocycles. The maximum Gasteiger partial charge on any atom is 0.236 e. The van der Waals surface area contributed by atoms with Gasteiger partial charge in [0.2, 0.25) is 5.91 Å². The van der Waals surface area contributed by atoms with Gasteiger partial charge in [-0.05, 0) is 24.8 Å². The van der Waals surface area contributed by atoms with Crippen LogP contribution in [0.5, 0.6) is 0 Å². The quantitative estimate of drug-likeness (QED) is 0.684. The van der Waals surface area contributed by atoms with E-state index in [9.17, 15) is 13.2 Å². The molecule has 0 radical (unpaired) electrons. The Bertz CT molecular complexity index is 514. The Morgan fingerprint density at radius 3 is 2.55 bits per heavy atom. The number of carbonyl (C=O) groups excluding carboxylic acids is 1. The molecular formula is C14H22N2O3S. The summed E-state index contributed by atoms with van der Waals surface area (Å²) in [6, 6.07) is 9.28. The van der Waals surface area contributed by atoms with Crippen LogP contribution in [0.3, 0.4) is 0 Å². The van der Waals surface area contributed by atoms with Crippen LogP contribution >= 0.6 is 0 Å². The van der Waals surface area contributed by atoms with E-state index in [2.05, 4.69) is 5.32 Å². The number of sulfone groups is 1. The molecular weight excluding hydrogens is 276 g/mol. The average molecular weight is 298 g/mol. The van der Waals surface area contributed by atoms with Crippen molar-refractivity contribution >= 4 is 15.7 Å². The average Bonchev–Trinajstić information content (AvgIpc) is 2.40. The highest BCUT2D eigenvalue weighted by atomic mass is 32.2. The van der Waals surface area contributed by atoms with Crippen molar-refractivity contribution in [3.63, 3.8) is 0 Å². The van der Waals surface area contributed by atoms with Gasteiger partial charge < -0.3 is 11.1 Å². The fraction of sp³-hybridized carbons (Fsp3) is 0.500. The standard InChI is InChI=1S/C14H22N2O3S/c1-20(18,19)11-5-10-16-14(17)13(15)9-8-12-6-3-2-4-7-12/h2-4,6-7,13H,5,8-11,15H2,1H3,(H,16,17)/t13-/m0/s1. The lowest BCUT2D eigenvalue weighted by molar-refractivity contribution is -0.122. The van der Waals surface area contributed by atoms with E-state index < -0.39 is 15.9 Å². The van der Waals surface area contributed by atoms with Crippen molar-refractivity contribution in [2.24, 2.45) is 5.73 Å². The van der Waals surface area contributed by atoms with Crippen LogP contribution in [0.15, 0.2) is 30.3 Å². The first kappa shape index (κ1) is 16.7. The normalized spacial score (nSPS) is 12.9. The number of benzene rings is 1. The minimum atomic E-state index is -2.97. The minimum absolute atomic E-state index is 0.0759. The zero-order valence-corrected chi connectivity index (χ0v) is 12.5. The summed E-state index contributed by atoms with van der Waals surface area (Å²) in [4.78, 5) is 11.7. The number of nitrogens with one attached hydrogen (secondary N) is 1. The van der Waals surface area contributed by atoms with Gasteiger partial charge in [0.25, 0.3) is 0 Å². The van der Waals surface area contributed by atoms with E-state index in [1.165, 1.54) is 6.26 Å². The number of amides is 1. The van der Waals surface area contributed by atoms with Crippen molar-refractivity contribution in [3.8, 4) is 0 Å². The lowest BCUT2D eigenvalue weighted by atomic mass is 10.1. The van der Waals surface area contributed by atoms with E-state index in [4.69, 9.17) is 5.73 Å². The molecule has 0 fully saturated rings. The van der Waals surface area contributed by atoms with Gasteiger partial charge in [-0.15, -0.1) is 0 Å². The third-order valence-electron chi connectivity index (χ3n) is 2.91. The zero-order chi connectivity index (χ0) is 15.0. The summed E-state index contributed by atoms with van der Waals surface area (Å²) < 4.78 is 21.9. The summed E-state index contributed by atoms with van der Waals surface area (Å²) in [6.07, 6.45) is 2.91.